The van der Waals surface area contributed by atoms with E-state index in [0.717, 1.165) is 25.7 Å². The molecule has 1 aromatic rings. The van der Waals surface area contributed by atoms with E-state index in [-0.39, 0.29) is 16.8 Å². The SMILES string of the molecule is CCCC1(CNc2nccc(C(=O)O)c2F)CC1. The van der Waals surface area contributed by atoms with Crippen LogP contribution in [0.4, 0.5) is 10.2 Å². The van der Waals surface area contributed by atoms with Crippen LogP contribution in [0.5, 0.6) is 0 Å². The monoisotopic (exact) mass is 252 g/mol. The first-order valence-corrected chi connectivity index (χ1v) is 6.20. The lowest BCUT2D eigenvalue weighted by Crippen LogP contribution is -2.17. The van der Waals surface area contributed by atoms with Crippen molar-refractivity contribution in [2.75, 3.05) is 11.9 Å². The van der Waals surface area contributed by atoms with E-state index in [1.54, 1.807) is 0 Å². The van der Waals surface area contributed by atoms with Crippen LogP contribution in [0.25, 0.3) is 0 Å². The maximum absolute atomic E-state index is 13.8. The van der Waals surface area contributed by atoms with Gasteiger partial charge in [0.25, 0.3) is 0 Å². The maximum atomic E-state index is 13.8. The molecule has 0 radical (unpaired) electrons. The third-order valence-corrected chi connectivity index (χ3v) is 3.49. The zero-order chi connectivity index (χ0) is 13.2. The van der Waals surface area contributed by atoms with Crippen LogP contribution in [0.3, 0.4) is 0 Å². The first-order chi connectivity index (χ1) is 8.58. The number of anilines is 1. The van der Waals surface area contributed by atoms with Crippen molar-refractivity contribution in [3.63, 3.8) is 0 Å². The number of hydrogen-bond donors (Lipinski definition) is 2. The van der Waals surface area contributed by atoms with E-state index in [4.69, 9.17) is 5.11 Å². The Hall–Kier alpha value is -1.65. The summed E-state index contributed by atoms with van der Waals surface area (Å²) in [5.74, 6) is -2.01. The highest BCUT2D eigenvalue weighted by Gasteiger charge is 2.41. The van der Waals surface area contributed by atoms with Crippen molar-refractivity contribution in [3.8, 4) is 0 Å². The van der Waals surface area contributed by atoms with Gasteiger partial charge in [0, 0.05) is 12.7 Å². The molecular weight excluding hydrogens is 235 g/mol. The lowest BCUT2D eigenvalue weighted by molar-refractivity contribution is 0.0692. The average molecular weight is 252 g/mol. The van der Waals surface area contributed by atoms with Gasteiger partial charge in [-0.1, -0.05) is 13.3 Å². The Morgan fingerprint density at radius 1 is 1.61 bits per heavy atom. The topological polar surface area (TPSA) is 62.2 Å². The average Bonchev–Trinajstić information content (AvgIpc) is 3.08. The van der Waals surface area contributed by atoms with Crippen molar-refractivity contribution in [1.82, 2.24) is 4.98 Å². The van der Waals surface area contributed by atoms with E-state index in [1.165, 1.54) is 12.3 Å². The van der Waals surface area contributed by atoms with Gasteiger partial charge in [-0.15, -0.1) is 0 Å². The van der Waals surface area contributed by atoms with Crippen LogP contribution in [0.1, 0.15) is 43.0 Å². The molecule has 0 amide bonds. The molecule has 98 valence electrons. The van der Waals surface area contributed by atoms with Gasteiger partial charge < -0.3 is 10.4 Å². The molecule has 1 fully saturated rings. The summed E-state index contributed by atoms with van der Waals surface area (Å²) in [4.78, 5) is 14.7. The fraction of sp³-hybridized carbons (Fsp3) is 0.538. The number of pyridine rings is 1. The zero-order valence-electron chi connectivity index (χ0n) is 10.4. The van der Waals surface area contributed by atoms with Crippen molar-refractivity contribution in [3.05, 3.63) is 23.6 Å². The van der Waals surface area contributed by atoms with Crippen LogP contribution in [0.2, 0.25) is 0 Å². The maximum Gasteiger partial charge on any atom is 0.338 e. The summed E-state index contributed by atoms with van der Waals surface area (Å²) in [5.41, 5.74) is -0.0740. The minimum atomic E-state index is -1.27. The first-order valence-electron chi connectivity index (χ1n) is 6.20. The summed E-state index contributed by atoms with van der Waals surface area (Å²) in [5, 5.41) is 11.8. The number of rotatable bonds is 6. The van der Waals surface area contributed by atoms with Gasteiger partial charge in [0.2, 0.25) is 0 Å². The van der Waals surface area contributed by atoms with Gasteiger partial charge in [-0.3, -0.25) is 0 Å². The van der Waals surface area contributed by atoms with E-state index in [0.29, 0.717) is 6.54 Å². The molecule has 1 aliphatic carbocycles. The number of aromatic nitrogens is 1. The summed E-state index contributed by atoms with van der Waals surface area (Å²) in [7, 11) is 0. The zero-order valence-corrected chi connectivity index (χ0v) is 10.4. The van der Waals surface area contributed by atoms with E-state index in [9.17, 15) is 9.18 Å². The number of aromatic carboxylic acids is 1. The molecule has 1 aromatic heterocycles. The molecule has 0 bridgehead atoms. The molecule has 0 aromatic carbocycles. The lowest BCUT2D eigenvalue weighted by Gasteiger charge is -2.15. The molecular formula is C13H17FN2O2. The van der Waals surface area contributed by atoms with Gasteiger partial charge in [-0.05, 0) is 30.7 Å². The van der Waals surface area contributed by atoms with Gasteiger partial charge in [-0.2, -0.15) is 0 Å². The van der Waals surface area contributed by atoms with Crippen LogP contribution < -0.4 is 5.32 Å². The second kappa shape index (κ2) is 4.92. The van der Waals surface area contributed by atoms with Crippen molar-refractivity contribution in [1.29, 1.82) is 0 Å². The summed E-state index contributed by atoms with van der Waals surface area (Å²) in [6.07, 6.45) is 5.82. The standard InChI is InChI=1S/C13H17FN2O2/c1-2-4-13(5-6-13)8-16-11-10(14)9(12(17)18)3-7-15-11/h3,7H,2,4-6,8H2,1H3,(H,15,16)(H,17,18). The normalized spacial score (nSPS) is 16.3. The number of hydrogen-bond acceptors (Lipinski definition) is 3. The second-order valence-corrected chi connectivity index (χ2v) is 4.93. The molecule has 0 spiro atoms. The van der Waals surface area contributed by atoms with Crippen molar-refractivity contribution >= 4 is 11.8 Å². The van der Waals surface area contributed by atoms with E-state index in [1.807, 2.05) is 0 Å². The molecule has 2 N–H and O–H groups in total. The summed E-state index contributed by atoms with van der Waals surface area (Å²) >= 11 is 0. The first kappa shape index (κ1) is 12.8. The predicted octanol–water partition coefficient (Wildman–Crippen LogP) is 2.91. The number of carboxylic acids is 1. The molecule has 5 heteroatoms. The molecule has 0 unspecified atom stereocenters. The summed E-state index contributed by atoms with van der Waals surface area (Å²) in [6.45, 7) is 2.79. The Labute approximate surface area is 105 Å². The van der Waals surface area contributed by atoms with Crippen LogP contribution in [-0.2, 0) is 0 Å². The van der Waals surface area contributed by atoms with Gasteiger partial charge >= 0.3 is 5.97 Å². The Morgan fingerprint density at radius 3 is 2.89 bits per heavy atom. The Bertz CT molecular complexity index is 458. The number of nitrogens with one attached hydrogen (secondary N) is 1. The van der Waals surface area contributed by atoms with Crippen LogP contribution >= 0.6 is 0 Å². The van der Waals surface area contributed by atoms with Crippen molar-refractivity contribution < 1.29 is 14.3 Å². The number of carboxylic acid groups (broad SMARTS) is 1. The number of halogens is 1. The Balaban J connectivity index is 2.06. The predicted molar refractivity (Wildman–Crippen MR) is 66.2 cm³/mol. The van der Waals surface area contributed by atoms with Crippen molar-refractivity contribution in [2.24, 2.45) is 5.41 Å². The van der Waals surface area contributed by atoms with Crippen molar-refractivity contribution in [2.45, 2.75) is 32.6 Å². The lowest BCUT2D eigenvalue weighted by atomic mass is 10.0. The highest BCUT2D eigenvalue weighted by atomic mass is 19.1. The molecule has 1 heterocycles. The highest BCUT2D eigenvalue weighted by Crippen LogP contribution is 2.49. The summed E-state index contributed by atoms with van der Waals surface area (Å²) in [6, 6.07) is 1.17. The van der Waals surface area contributed by atoms with E-state index < -0.39 is 11.8 Å². The van der Waals surface area contributed by atoms with E-state index in [2.05, 4.69) is 17.2 Å². The summed E-state index contributed by atoms with van der Waals surface area (Å²) < 4.78 is 13.8. The minimum absolute atomic E-state index is 0.0391. The molecule has 18 heavy (non-hydrogen) atoms. The number of nitrogens with zero attached hydrogens (tertiary/aromatic N) is 1. The smallest absolute Gasteiger partial charge is 0.338 e. The molecule has 4 nitrogen and oxygen atoms in total. The Morgan fingerprint density at radius 2 is 2.33 bits per heavy atom. The highest BCUT2D eigenvalue weighted by molar-refractivity contribution is 5.88. The van der Waals surface area contributed by atoms with Crippen LogP contribution in [0.15, 0.2) is 12.3 Å². The molecule has 1 saturated carbocycles. The van der Waals surface area contributed by atoms with E-state index >= 15 is 0 Å². The van der Waals surface area contributed by atoms with Gasteiger partial charge in [0.15, 0.2) is 11.6 Å². The van der Waals surface area contributed by atoms with Gasteiger partial charge in [0.1, 0.15) is 5.56 Å². The molecule has 0 atom stereocenters. The fourth-order valence-electron chi connectivity index (χ4n) is 2.23. The molecule has 2 rings (SSSR count). The molecule has 0 saturated heterocycles. The van der Waals surface area contributed by atoms with Gasteiger partial charge in [0.05, 0.1) is 0 Å². The molecule has 0 aliphatic heterocycles. The number of carbonyl (C=O) groups is 1. The molecule has 1 aliphatic rings. The Kier molecular flexibility index (Phi) is 3.50. The largest absolute Gasteiger partial charge is 0.478 e. The quantitative estimate of drug-likeness (QED) is 0.817. The second-order valence-electron chi connectivity index (χ2n) is 4.93. The van der Waals surface area contributed by atoms with Crippen LogP contribution in [0, 0.1) is 11.2 Å². The third kappa shape index (κ3) is 2.60. The third-order valence-electron chi connectivity index (χ3n) is 3.49. The minimum Gasteiger partial charge on any atom is -0.478 e. The van der Waals surface area contributed by atoms with Gasteiger partial charge in [-0.25, -0.2) is 14.2 Å². The van der Waals surface area contributed by atoms with Crippen LogP contribution in [-0.4, -0.2) is 22.6 Å². The fourth-order valence-corrected chi connectivity index (χ4v) is 2.23.